The van der Waals surface area contributed by atoms with Crippen LogP contribution in [0, 0.1) is 0 Å². The van der Waals surface area contributed by atoms with Crippen LogP contribution in [0.15, 0.2) is 21.2 Å². The summed E-state index contributed by atoms with van der Waals surface area (Å²) in [5.41, 5.74) is 0. The summed E-state index contributed by atoms with van der Waals surface area (Å²) in [7, 11) is 0. The number of hydrogen-bond acceptors (Lipinski definition) is 3. The van der Waals surface area contributed by atoms with Gasteiger partial charge in [-0.05, 0) is 41.4 Å². The molecule has 2 N–H and O–H groups in total. The maximum Gasteiger partial charge on any atom is 0.288 e. The molecule has 0 radical (unpaired) electrons. The fraction of sp³-hybridized carbons (Fsp3) is 0.500. The highest BCUT2D eigenvalue weighted by Gasteiger charge is 2.19. The Morgan fingerprint density at radius 2 is 2.53 bits per heavy atom. The summed E-state index contributed by atoms with van der Waals surface area (Å²) in [5.74, 6) is 0.196. The van der Waals surface area contributed by atoms with Crippen LogP contribution in [-0.4, -0.2) is 25.0 Å². The molecule has 0 saturated carbocycles. The first-order valence-electron chi connectivity index (χ1n) is 5.02. The van der Waals surface area contributed by atoms with Gasteiger partial charge < -0.3 is 15.1 Å². The van der Waals surface area contributed by atoms with Crippen LogP contribution < -0.4 is 10.6 Å². The molecule has 1 atom stereocenters. The van der Waals surface area contributed by atoms with E-state index >= 15 is 0 Å². The summed E-state index contributed by atoms with van der Waals surface area (Å²) in [6, 6.07) is 1.93. The van der Waals surface area contributed by atoms with Crippen molar-refractivity contribution in [2.45, 2.75) is 18.9 Å². The Kier molecular flexibility index (Phi) is 3.43. The number of nitrogens with one attached hydrogen (secondary N) is 2. The Hall–Kier alpha value is -0.810. The number of hydrogen-bond donors (Lipinski definition) is 2. The molecule has 2 rings (SSSR count). The topological polar surface area (TPSA) is 54.3 Å². The zero-order valence-corrected chi connectivity index (χ0v) is 9.84. The third kappa shape index (κ3) is 2.60. The third-order valence-electron chi connectivity index (χ3n) is 2.46. The van der Waals surface area contributed by atoms with Gasteiger partial charge in [-0.1, -0.05) is 0 Å². The Bertz CT molecular complexity index is 345. The molecule has 0 aliphatic carbocycles. The summed E-state index contributed by atoms with van der Waals surface area (Å²) in [5, 5.41) is 6.18. The van der Waals surface area contributed by atoms with E-state index in [-0.39, 0.29) is 11.9 Å². The quantitative estimate of drug-likeness (QED) is 0.859. The van der Waals surface area contributed by atoms with Crippen LogP contribution in [0.4, 0.5) is 0 Å². The standard InChI is InChI=1S/C10H13BrN2O2/c11-8-3-5-15-9(8)10(14)13-7-2-1-4-12-6-7/h3,5,7,12H,1-2,4,6H2,(H,13,14). The van der Waals surface area contributed by atoms with Crippen molar-refractivity contribution in [1.29, 1.82) is 0 Å². The minimum atomic E-state index is -0.152. The summed E-state index contributed by atoms with van der Waals surface area (Å²) < 4.78 is 5.79. The fourth-order valence-electron chi connectivity index (χ4n) is 1.68. The Morgan fingerprint density at radius 3 is 3.13 bits per heavy atom. The smallest absolute Gasteiger partial charge is 0.288 e. The Labute approximate surface area is 96.5 Å². The van der Waals surface area contributed by atoms with E-state index in [1.807, 2.05) is 0 Å². The lowest BCUT2D eigenvalue weighted by atomic mass is 10.1. The van der Waals surface area contributed by atoms with Crippen LogP contribution in [0.1, 0.15) is 23.4 Å². The first-order chi connectivity index (χ1) is 7.27. The number of amides is 1. The maximum absolute atomic E-state index is 11.7. The lowest BCUT2D eigenvalue weighted by Gasteiger charge is -2.23. The molecule has 1 fully saturated rings. The average molecular weight is 273 g/mol. The summed E-state index contributed by atoms with van der Waals surface area (Å²) in [6.45, 7) is 1.88. The van der Waals surface area contributed by atoms with Crippen LogP contribution in [0.3, 0.4) is 0 Å². The van der Waals surface area contributed by atoms with Gasteiger partial charge in [-0.25, -0.2) is 0 Å². The molecule has 0 aromatic carbocycles. The predicted octanol–water partition coefficient (Wildman–Crippen LogP) is 1.52. The van der Waals surface area contributed by atoms with E-state index in [4.69, 9.17) is 4.42 Å². The fourth-order valence-corrected chi connectivity index (χ4v) is 2.06. The zero-order valence-electron chi connectivity index (χ0n) is 8.25. The molecule has 2 heterocycles. The van der Waals surface area contributed by atoms with Crippen molar-refractivity contribution in [1.82, 2.24) is 10.6 Å². The van der Waals surface area contributed by atoms with E-state index in [1.165, 1.54) is 6.26 Å². The van der Waals surface area contributed by atoms with Gasteiger partial charge >= 0.3 is 0 Å². The lowest BCUT2D eigenvalue weighted by Crippen LogP contribution is -2.45. The number of piperidine rings is 1. The SMILES string of the molecule is O=C(NC1CCCNC1)c1occc1Br. The molecule has 1 aliphatic heterocycles. The van der Waals surface area contributed by atoms with Gasteiger partial charge in [-0.3, -0.25) is 4.79 Å². The van der Waals surface area contributed by atoms with E-state index in [0.717, 1.165) is 25.9 Å². The molecule has 1 aliphatic rings. The Balaban J connectivity index is 1.94. The van der Waals surface area contributed by atoms with Crippen molar-refractivity contribution in [3.63, 3.8) is 0 Å². The van der Waals surface area contributed by atoms with E-state index in [2.05, 4.69) is 26.6 Å². The van der Waals surface area contributed by atoms with Crippen LogP contribution in [0.2, 0.25) is 0 Å². The van der Waals surface area contributed by atoms with Crippen molar-refractivity contribution in [2.75, 3.05) is 13.1 Å². The lowest BCUT2D eigenvalue weighted by molar-refractivity contribution is 0.0901. The molecule has 1 saturated heterocycles. The normalized spacial score (nSPS) is 21.3. The van der Waals surface area contributed by atoms with Crippen molar-refractivity contribution < 1.29 is 9.21 Å². The average Bonchev–Trinajstić information content (AvgIpc) is 2.66. The molecule has 1 aromatic rings. The van der Waals surface area contributed by atoms with E-state index in [9.17, 15) is 4.79 Å². The molecular weight excluding hydrogens is 260 g/mol. The second kappa shape index (κ2) is 4.81. The minimum Gasteiger partial charge on any atom is -0.458 e. The molecule has 0 spiro atoms. The molecule has 15 heavy (non-hydrogen) atoms. The number of rotatable bonds is 2. The maximum atomic E-state index is 11.7. The second-order valence-corrected chi connectivity index (χ2v) is 4.47. The molecule has 4 nitrogen and oxygen atoms in total. The largest absolute Gasteiger partial charge is 0.458 e. The summed E-state index contributed by atoms with van der Waals surface area (Å²) in [4.78, 5) is 11.7. The summed E-state index contributed by atoms with van der Waals surface area (Å²) in [6.07, 6.45) is 3.62. The second-order valence-electron chi connectivity index (χ2n) is 3.61. The van der Waals surface area contributed by atoms with Gasteiger partial charge in [-0.15, -0.1) is 0 Å². The van der Waals surface area contributed by atoms with E-state index in [1.54, 1.807) is 6.07 Å². The van der Waals surface area contributed by atoms with Crippen molar-refractivity contribution in [2.24, 2.45) is 0 Å². The first kappa shape index (κ1) is 10.7. The van der Waals surface area contributed by atoms with Crippen LogP contribution in [0.25, 0.3) is 0 Å². The van der Waals surface area contributed by atoms with E-state index < -0.39 is 0 Å². The van der Waals surface area contributed by atoms with Gasteiger partial charge in [0.05, 0.1) is 10.7 Å². The van der Waals surface area contributed by atoms with Crippen molar-refractivity contribution in [3.05, 3.63) is 22.6 Å². The van der Waals surface area contributed by atoms with Gasteiger partial charge in [0.1, 0.15) is 0 Å². The van der Waals surface area contributed by atoms with E-state index in [0.29, 0.717) is 10.2 Å². The minimum absolute atomic E-state index is 0.152. The van der Waals surface area contributed by atoms with Gasteiger partial charge in [0.2, 0.25) is 5.76 Å². The molecule has 1 aromatic heterocycles. The Morgan fingerprint density at radius 1 is 1.67 bits per heavy atom. The molecule has 1 unspecified atom stereocenters. The van der Waals surface area contributed by atoms with Crippen LogP contribution in [0.5, 0.6) is 0 Å². The highest BCUT2D eigenvalue weighted by atomic mass is 79.9. The highest BCUT2D eigenvalue weighted by Crippen LogP contribution is 2.17. The zero-order chi connectivity index (χ0) is 10.7. The highest BCUT2D eigenvalue weighted by molar-refractivity contribution is 9.10. The molecule has 0 bridgehead atoms. The van der Waals surface area contributed by atoms with Gasteiger partial charge in [0.25, 0.3) is 5.91 Å². The number of furan rings is 1. The molecular formula is C10H13BrN2O2. The van der Waals surface area contributed by atoms with Gasteiger partial charge in [0, 0.05) is 12.6 Å². The van der Waals surface area contributed by atoms with Crippen molar-refractivity contribution >= 4 is 21.8 Å². The molecule has 82 valence electrons. The molecule has 1 amide bonds. The predicted molar refractivity (Wildman–Crippen MR) is 59.8 cm³/mol. The third-order valence-corrected chi connectivity index (χ3v) is 3.08. The number of carbonyl (C=O) groups is 1. The first-order valence-corrected chi connectivity index (χ1v) is 5.81. The summed E-state index contributed by atoms with van der Waals surface area (Å²) >= 11 is 3.26. The number of carbonyl (C=O) groups excluding carboxylic acids is 1. The van der Waals surface area contributed by atoms with Crippen molar-refractivity contribution in [3.8, 4) is 0 Å². The van der Waals surface area contributed by atoms with Crippen LogP contribution >= 0.6 is 15.9 Å². The van der Waals surface area contributed by atoms with Gasteiger partial charge in [0.15, 0.2) is 0 Å². The van der Waals surface area contributed by atoms with Crippen LogP contribution in [-0.2, 0) is 0 Å². The molecule has 5 heteroatoms. The number of halogens is 1. The monoisotopic (exact) mass is 272 g/mol. The van der Waals surface area contributed by atoms with Gasteiger partial charge in [-0.2, -0.15) is 0 Å².